The number of fused-ring (bicyclic) bond motifs is 1. The van der Waals surface area contributed by atoms with E-state index in [-0.39, 0.29) is 0 Å². The molecule has 7 heteroatoms. The maximum Gasteiger partial charge on any atom is 0.229 e. The zero-order chi connectivity index (χ0) is 18.1. The molecule has 132 valence electrons. The Bertz CT molecular complexity index is 1030. The first kappa shape index (κ1) is 16.5. The molecular formula is C19H18N4O2S. The number of hydrogen-bond acceptors (Lipinski definition) is 6. The molecule has 0 saturated carbocycles. The number of nitrogens with one attached hydrogen (secondary N) is 1. The molecule has 1 aromatic heterocycles. The summed E-state index contributed by atoms with van der Waals surface area (Å²) in [6, 6.07) is 16.7. The summed E-state index contributed by atoms with van der Waals surface area (Å²) in [5, 5.41) is 3.21. The molecule has 0 atom stereocenters. The van der Waals surface area contributed by atoms with Crippen LogP contribution in [0, 0.1) is 0 Å². The van der Waals surface area contributed by atoms with Crippen molar-refractivity contribution in [2.24, 2.45) is 0 Å². The minimum atomic E-state index is -3.20. The van der Waals surface area contributed by atoms with Gasteiger partial charge in [-0.2, -0.15) is 4.98 Å². The van der Waals surface area contributed by atoms with Gasteiger partial charge >= 0.3 is 0 Å². The van der Waals surface area contributed by atoms with Crippen LogP contribution in [-0.4, -0.2) is 31.2 Å². The molecular weight excluding hydrogens is 348 g/mol. The molecule has 0 saturated heterocycles. The zero-order valence-electron chi connectivity index (χ0n) is 14.3. The van der Waals surface area contributed by atoms with E-state index in [1.54, 1.807) is 12.1 Å². The molecule has 1 N–H and O–H groups in total. The lowest BCUT2D eigenvalue weighted by atomic mass is 10.3. The highest BCUT2D eigenvalue weighted by Crippen LogP contribution is 2.33. The molecule has 0 bridgehead atoms. The van der Waals surface area contributed by atoms with Gasteiger partial charge in [0.05, 0.1) is 4.90 Å². The first-order valence-corrected chi connectivity index (χ1v) is 10.2. The Morgan fingerprint density at radius 2 is 1.77 bits per heavy atom. The fraction of sp³-hybridized carbons (Fsp3) is 0.158. The van der Waals surface area contributed by atoms with Crippen molar-refractivity contribution in [3.8, 4) is 0 Å². The quantitative estimate of drug-likeness (QED) is 0.763. The largest absolute Gasteiger partial charge is 0.326 e. The second-order valence-corrected chi connectivity index (χ2v) is 8.22. The van der Waals surface area contributed by atoms with E-state index in [0.29, 0.717) is 10.8 Å². The lowest BCUT2D eigenvalue weighted by molar-refractivity contribution is 0.602. The second kappa shape index (κ2) is 6.42. The molecule has 1 aliphatic heterocycles. The van der Waals surface area contributed by atoms with Crippen molar-refractivity contribution in [3.63, 3.8) is 0 Å². The average molecular weight is 366 g/mol. The fourth-order valence-corrected chi connectivity index (χ4v) is 3.61. The van der Waals surface area contributed by atoms with Crippen molar-refractivity contribution < 1.29 is 8.42 Å². The van der Waals surface area contributed by atoms with E-state index >= 15 is 0 Å². The van der Waals surface area contributed by atoms with Crippen molar-refractivity contribution >= 4 is 33.0 Å². The monoisotopic (exact) mass is 366 g/mol. The predicted octanol–water partition coefficient (Wildman–Crippen LogP) is 3.32. The first-order valence-electron chi connectivity index (χ1n) is 8.26. The van der Waals surface area contributed by atoms with Gasteiger partial charge < -0.3 is 10.2 Å². The normalized spacial score (nSPS) is 13.5. The van der Waals surface area contributed by atoms with Crippen LogP contribution >= 0.6 is 0 Å². The van der Waals surface area contributed by atoms with E-state index < -0.39 is 9.84 Å². The summed E-state index contributed by atoms with van der Waals surface area (Å²) in [6.07, 6.45) is 3.91. The van der Waals surface area contributed by atoms with E-state index in [2.05, 4.69) is 20.2 Å². The van der Waals surface area contributed by atoms with Crippen molar-refractivity contribution in [2.45, 2.75) is 11.3 Å². The standard InChI is InChI=1S/C19H18N4O2S/c1-26(24,25)17-9-7-16(8-10-17)23-12-11-14-13-20-19(22-18(14)23)21-15-5-3-2-4-6-15/h2-10,13H,11-12H2,1H3,(H,20,21,22). The summed E-state index contributed by atoms with van der Waals surface area (Å²) in [4.78, 5) is 11.5. The Kier molecular flexibility index (Phi) is 4.08. The van der Waals surface area contributed by atoms with Crippen molar-refractivity contribution in [1.82, 2.24) is 9.97 Å². The summed E-state index contributed by atoms with van der Waals surface area (Å²) >= 11 is 0. The molecule has 4 rings (SSSR count). The van der Waals surface area contributed by atoms with Gasteiger partial charge in [0.25, 0.3) is 0 Å². The van der Waals surface area contributed by atoms with Crippen LogP contribution in [0.5, 0.6) is 0 Å². The third-order valence-electron chi connectivity index (χ3n) is 4.31. The van der Waals surface area contributed by atoms with Gasteiger partial charge in [0.15, 0.2) is 9.84 Å². The number of hydrogen-bond donors (Lipinski definition) is 1. The minimum absolute atomic E-state index is 0.315. The molecule has 3 aromatic rings. The highest BCUT2D eigenvalue weighted by Gasteiger charge is 2.23. The molecule has 6 nitrogen and oxygen atoms in total. The van der Waals surface area contributed by atoms with Crippen LogP contribution < -0.4 is 10.2 Å². The molecule has 0 aliphatic carbocycles. The third kappa shape index (κ3) is 3.25. The van der Waals surface area contributed by atoms with E-state index in [4.69, 9.17) is 0 Å². The number of nitrogens with zero attached hydrogens (tertiary/aromatic N) is 3. The number of para-hydroxylation sites is 1. The Morgan fingerprint density at radius 3 is 2.46 bits per heavy atom. The molecule has 1 aliphatic rings. The van der Waals surface area contributed by atoms with Crippen LogP contribution in [0.4, 0.5) is 23.1 Å². The van der Waals surface area contributed by atoms with E-state index in [1.807, 2.05) is 48.7 Å². The number of sulfone groups is 1. The molecule has 0 fully saturated rings. The number of aromatic nitrogens is 2. The lowest BCUT2D eigenvalue weighted by Gasteiger charge is -2.19. The first-order chi connectivity index (χ1) is 12.5. The van der Waals surface area contributed by atoms with Crippen LogP contribution in [0.3, 0.4) is 0 Å². The van der Waals surface area contributed by atoms with Crippen molar-refractivity contribution in [1.29, 1.82) is 0 Å². The van der Waals surface area contributed by atoms with Gasteiger partial charge in [0, 0.05) is 35.9 Å². The Morgan fingerprint density at radius 1 is 1.04 bits per heavy atom. The summed E-state index contributed by atoms with van der Waals surface area (Å²) in [5.41, 5.74) is 2.92. The molecule has 2 aromatic carbocycles. The van der Waals surface area contributed by atoms with E-state index in [9.17, 15) is 8.42 Å². The van der Waals surface area contributed by atoms with Crippen molar-refractivity contribution in [2.75, 3.05) is 23.0 Å². The molecule has 0 amide bonds. The topological polar surface area (TPSA) is 75.2 Å². The number of rotatable bonds is 4. The average Bonchev–Trinajstić information content (AvgIpc) is 3.05. The van der Waals surface area contributed by atoms with Crippen LogP contribution in [-0.2, 0) is 16.3 Å². The van der Waals surface area contributed by atoms with Crippen molar-refractivity contribution in [3.05, 3.63) is 66.4 Å². The van der Waals surface area contributed by atoms with Crippen LogP contribution in [0.25, 0.3) is 0 Å². The number of anilines is 4. The summed E-state index contributed by atoms with van der Waals surface area (Å²) < 4.78 is 23.3. The SMILES string of the molecule is CS(=O)(=O)c1ccc(N2CCc3cnc(Nc4ccccc4)nc32)cc1. The van der Waals surface area contributed by atoms with Gasteiger partial charge in [-0.1, -0.05) is 18.2 Å². The van der Waals surface area contributed by atoms with Crippen LogP contribution in [0.15, 0.2) is 65.7 Å². The Balaban J connectivity index is 1.63. The van der Waals surface area contributed by atoms with Gasteiger partial charge in [-0.15, -0.1) is 0 Å². The van der Waals surface area contributed by atoms with Gasteiger partial charge in [-0.25, -0.2) is 13.4 Å². The summed E-state index contributed by atoms with van der Waals surface area (Å²) in [5.74, 6) is 1.39. The minimum Gasteiger partial charge on any atom is -0.326 e. The zero-order valence-corrected chi connectivity index (χ0v) is 15.1. The maximum atomic E-state index is 11.6. The summed E-state index contributed by atoms with van der Waals surface area (Å²) in [6.45, 7) is 0.789. The van der Waals surface area contributed by atoms with Crippen LogP contribution in [0.2, 0.25) is 0 Å². The van der Waals surface area contributed by atoms with Crippen LogP contribution in [0.1, 0.15) is 5.56 Å². The molecule has 2 heterocycles. The Hall–Kier alpha value is -2.93. The predicted molar refractivity (Wildman–Crippen MR) is 102 cm³/mol. The van der Waals surface area contributed by atoms with E-state index in [0.717, 1.165) is 35.7 Å². The van der Waals surface area contributed by atoms with Gasteiger partial charge in [-0.3, -0.25) is 0 Å². The smallest absolute Gasteiger partial charge is 0.229 e. The highest BCUT2D eigenvalue weighted by atomic mass is 32.2. The second-order valence-electron chi connectivity index (χ2n) is 6.20. The lowest BCUT2D eigenvalue weighted by Crippen LogP contribution is -2.15. The molecule has 0 spiro atoms. The highest BCUT2D eigenvalue weighted by molar-refractivity contribution is 7.90. The van der Waals surface area contributed by atoms with E-state index in [1.165, 1.54) is 6.26 Å². The summed E-state index contributed by atoms with van der Waals surface area (Å²) in [7, 11) is -3.20. The molecule has 0 unspecified atom stereocenters. The van der Waals surface area contributed by atoms with Gasteiger partial charge in [0.1, 0.15) is 5.82 Å². The molecule has 26 heavy (non-hydrogen) atoms. The fourth-order valence-electron chi connectivity index (χ4n) is 2.98. The van der Waals surface area contributed by atoms with Gasteiger partial charge in [0.2, 0.25) is 5.95 Å². The maximum absolute atomic E-state index is 11.6. The van der Waals surface area contributed by atoms with Gasteiger partial charge in [-0.05, 0) is 42.8 Å². The number of benzene rings is 2. The molecule has 0 radical (unpaired) electrons. The Labute approximate surface area is 152 Å². The third-order valence-corrected chi connectivity index (χ3v) is 5.44.